The van der Waals surface area contributed by atoms with Gasteiger partial charge in [-0.2, -0.15) is 0 Å². The van der Waals surface area contributed by atoms with Gasteiger partial charge >= 0.3 is 0 Å². The predicted octanol–water partition coefficient (Wildman–Crippen LogP) is 7.06. The van der Waals surface area contributed by atoms with E-state index in [0.717, 1.165) is 11.1 Å². The molecule has 5 rings (SSSR count). The van der Waals surface area contributed by atoms with Crippen LogP contribution >= 0.6 is 0 Å². The minimum atomic E-state index is -0.592. The number of pyridine rings is 1. The van der Waals surface area contributed by atoms with Crippen molar-refractivity contribution in [2.75, 3.05) is 0 Å². The van der Waals surface area contributed by atoms with Crippen molar-refractivity contribution in [3.63, 3.8) is 0 Å². The van der Waals surface area contributed by atoms with Gasteiger partial charge in [0.1, 0.15) is 23.2 Å². The molecule has 0 aliphatic carbocycles. The third-order valence-corrected chi connectivity index (χ3v) is 6.10. The number of carbonyl (C=O) groups excluding carboxylic acids is 1. The SMILES string of the molecule is C/C=C(\Oc1ccccc1)C(NC(=O)c1c(O)c(-c2ccccc2)nc2ccccc12)c1ccccc1. The fraction of sp³-hybridized carbons (Fsp3) is 0.0625. The summed E-state index contributed by atoms with van der Waals surface area (Å²) < 4.78 is 6.20. The van der Waals surface area contributed by atoms with Gasteiger partial charge < -0.3 is 15.2 Å². The lowest BCUT2D eigenvalue weighted by atomic mass is 10.00. The smallest absolute Gasteiger partial charge is 0.256 e. The molecule has 1 aromatic heterocycles. The average Bonchev–Trinajstić information content (AvgIpc) is 2.96. The number of benzene rings is 4. The van der Waals surface area contributed by atoms with Crippen molar-refractivity contribution in [2.45, 2.75) is 13.0 Å². The molecule has 182 valence electrons. The van der Waals surface area contributed by atoms with Crippen molar-refractivity contribution in [1.29, 1.82) is 0 Å². The van der Waals surface area contributed by atoms with Crippen LogP contribution in [0.4, 0.5) is 0 Å². The fourth-order valence-corrected chi connectivity index (χ4v) is 4.31. The molecule has 2 N–H and O–H groups in total. The van der Waals surface area contributed by atoms with Crippen LogP contribution in [0.15, 0.2) is 127 Å². The van der Waals surface area contributed by atoms with Gasteiger partial charge in [-0.1, -0.05) is 97.1 Å². The summed E-state index contributed by atoms with van der Waals surface area (Å²) in [5.41, 5.74) is 2.71. The third kappa shape index (κ3) is 5.07. The van der Waals surface area contributed by atoms with Crippen molar-refractivity contribution >= 4 is 16.8 Å². The van der Waals surface area contributed by atoms with E-state index in [1.165, 1.54) is 0 Å². The normalized spacial score (nSPS) is 12.2. The number of allylic oxidation sites excluding steroid dienone is 1. The van der Waals surface area contributed by atoms with Crippen LogP contribution in [-0.4, -0.2) is 16.0 Å². The van der Waals surface area contributed by atoms with E-state index in [1.54, 1.807) is 6.07 Å². The monoisotopic (exact) mass is 486 g/mol. The standard InChI is InChI=1S/C32H26N2O3/c1-2-27(37-24-18-10-5-11-19-24)29(22-14-6-3-7-15-22)34-32(36)28-25-20-12-13-21-26(25)33-30(31(28)35)23-16-8-4-9-17-23/h2-21,29,35H,1H3,(H,34,36)/b27-2-. The Kier molecular flexibility index (Phi) is 6.95. The van der Waals surface area contributed by atoms with Crippen LogP contribution in [0.2, 0.25) is 0 Å². The predicted molar refractivity (Wildman–Crippen MR) is 146 cm³/mol. The quantitative estimate of drug-likeness (QED) is 0.242. The first-order valence-corrected chi connectivity index (χ1v) is 12.1. The van der Waals surface area contributed by atoms with E-state index in [-0.39, 0.29) is 11.3 Å². The first-order valence-electron chi connectivity index (χ1n) is 12.1. The molecular weight excluding hydrogens is 460 g/mol. The van der Waals surface area contributed by atoms with Gasteiger partial charge in [-0.3, -0.25) is 4.79 Å². The number of hydrogen-bond acceptors (Lipinski definition) is 4. The summed E-state index contributed by atoms with van der Waals surface area (Å²) in [5.74, 6) is 0.625. The molecule has 0 spiro atoms. The first kappa shape index (κ1) is 23.8. The molecule has 4 aromatic carbocycles. The molecule has 1 atom stereocenters. The zero-order valence-corrected chi connectivity index (χ0v) is 20.3. The van der Waals surface area contributed by atoms with Gasteiger partial charge in [0.15, 0.2) is 5.75 Å². The lowest BCUT2D eigenvalue weighted by Crippen LogP contribution is -2.31. The third-order valence-electron chi connectivity index (χ3n) is 6.10. The maximum Gasteiger partial charge on any atom is 0.256 e. The van der Waals surface area contributed by atoms with E-state index >= 15 is 0 Å². The van der Waals surface area contributed by atoms with E-state index in [2.05, 4.69) is 10.3 Å². The number of amides is 1. The largest absolute Gasteiger partial charge is 0.505 e. The Morgan fingerprint density at radius 1 is 0.838 bits per heavy atom. The lowest BCUT2D eigenvalue weighted by molar-refractivity contribution is 0.0934. The van der Waals surface area contributed by atoms with Crippen LogP contribution in [0, 0.1) is 0 Å². The van der Waals surface area contributed by atoms with Crippen LogP contribution < -0.4 is 10.1 Å². The number of ether oxygens (including phenoxy) is 1. The van der Waals surface area contributed by atoms with Crippen LogP contribution in [0.25, 0.3) is 22.2 Å². The number of hydrogen-bond donors (Lipinski definition) is 2. The summed E-state index contributed by atoms with van der Waals surface area (Å²) in [6, 6.07) is 35.1. The van der Waals surface area contributed by atoms with Crippen molar-refractivity contribution in [3.8, 4) is 22.8 Å². The number of fused-ring (bicyclic) bond motifs is 1. The molecule has 5 heteroatoms. The molecule has 0 aliphatic heterocycles. The van der Waals surface area contributed by atoms with Gasteiger partial charge in [0.05, 0.1) is 11.1 Å². The molecule has 0 radical (unpaired) electrons. The molecule has 1 unspecified atom stereocenters. The maximum atomic E-state index is 13.9. The van der Waals surface area contributed by atoms with Crippen molar-refractivity contribution < 1.29 is 14.6 Å². The molecule has 1 amide bonds. The highest BCUT2D eigenvalue weighted by Crippen LogP contribution is 2.36. The second-order valence-electron chi connectivity index (χ2n) is 8.49. The highest BCUT2D eigenvalue weighted by Gasteiger charge is 2.26. The Bertz CT molecular complexity index is 1550. The molecular formula is C32H26N2O3. The minimum Gasteiger partial charge on any atom is -0.505 e. The van der Waals surface area contributed by atoms with E-state index in [9.17, 15) is 9.90 Å². The van der Waals surface area contributed by atoms with E-state index in [0.29, 0.717) is 28.1 Å². The van der Waals surface area contributed by atoms with Gasteiger partial charge in [0.2, 0.25) is 0 Å². The zero-order valence-electron chi connectivity index (χ0n) is 20.3. The molecule has 1 heterocycles. The summed E-state index contributed by atoms with van der Waals surface area (Å²) in [5, 5.41) is 15.0. The molecule has 0 aliphatic rings. The van der Waals surface area contributed by atoms with Gasteiger partial charge in [0, 0.05) is 10.9 Å². The van der Waals surface area contributed by atoms with Crippen molar-refractivity contribution in [2.24, 2.45) is 0 Å². The van der Waals surface area contributed by atoms with Crippen LogP contribution in [-0.2, 0) is 0 Å². The van der Waals surface area contributed by atoms with Crippen molar-refractivity contribution in [3.05, 3.63) is 138 Å². The second-order valence-corrected chi connectivity index (χ2v) is 8.49. The fourth-order valence-electron chi connectivity index (χ4n) is 4.31. The molecule has 0 bridgehead atoms. The van der Waals surface area contributed by atoms with Crippen molar-refractivity contribution in [1.82, 2.24) is 10.3 Å². The number of rotatable bonds is 7. The highest BCUT2D eigenvalue weighted by atomic mass is 16.5. The molecule has 5 aromatic rings. The number of aromatic nitrogens is 1. The zero-order chi connectivity index (χ0) is 25.6. The molecule has 0 saturated heterocycles. The number of para-hydroxylation sites is 2. The minimum absolute atomic E-state index is 0.166. The molecule has 37 heavy (non-hydrogen) atoms. The van der Waals surface area contributed by atoms with Crippen LogP contribution in [0.1, 0.15) is 28.9 Å². The summed E-state index contributed by atoms with van der Waals surface area (Å²) >= 11 is 0. The Hall–Kier alpha value is -4.90. The topological polar surface area (TPSA) is 71.5 Å². The number of nitrogens with zero attached hydrogens (tertiary/aromatic N) is 1. The Labute approximate surface area is 215 Å². The molecule has 5 nitrogen and oxygen atoms in total. The van der Waals surface area contributed by atoms with Gasteiger partial charge in [-0.05, 0) is 36.8 Å². The lowest BCUT2D eigenvalue weighted by Gasteiger charge is -2.23. The average molecular weight is 487 g/mol. The summed E-state index contributed by atoms with van der Waals surface area (Å²) in [6.45, 7) is 1.87. The molecule has 0 saturated carbocycles. The summed E-state index contributed by atoms with van der Waals surface area (Å²) in [4.78, 5) is 18.6. The molecule has 0 fully saturated rings. The second kappa shape index (κ2) is 10.8. The van der Waals surface area contributed by atoms with Gasteiger partial charge in [0.25, 0.3) is 5.91 Å². The van der Waals surface area contributed by atoms with E-state index in [4.69, 9.17) is 4.74 Å². The Balaban J connectivity index is 1.59. The highest BCUT2D eigenvalue weighted by molar-refractivity contribution is 6.10. The summed E-state index contributed by atoms with van der Waals surface area (Å²) in [7, 11) is 0. The van der Waals surface area contributed by atoms with E-state index < -0.39 is 11.9 Å². The Morgan fingerprint density at radius 3 is 2.11 bits per heavy atom. The van der Waals surface area contributed by atoms with E-state index in [1.807, 2.05) is 122 Å². The number of carbonyl (C=O) groups is 1. The van der Waals surface area contributed by atoms with Gasteiger partial charge in [-0.25, -0.2) is 4.98 Å². The number of nitrogens with one attached hydrogen (secondary N) is 1. The first-order chi connectivity index (χ1) is 18.2. The Morgan fingerprint density at radius 2 is 1.43 bits per heavy atom. The van der Waals surface area contributed by atoms with Crippen LogP contribution in [0.5, 0.6) is 11.5 Å². The number of aromatic hydroxyl groups is 1. The summed E-state index contributed by atoms with van der Waals surface area (Å²) in [6.07, 6.45) is 1.84. The maximum absolute atomic E-state index is 13.9. The van der Waals surface area contributed by atoms with Crippen LogP contribution in [0.3, 0.4) is 0 Å². The van der Waals surface area contributed by atoms with Gasteiger partial charge in [-0.15, -0.1) is 0 Å².